The van der Waals surface area contributed by atoms with E-state index in [1.54, 1.807) is 0 Å². The molecular weight excluding hydrogens is 276 g/mol. The van der Waals surface area contributed by atoms with Crippen LogP contribution < -0.4 is 0 Å². The van der Waals surface area contributed by atoms with Gasteiger partial charge in [0.25, 0.3) is 0 Å². The van der Waals surface area contributed by atoms with Crippen molar-refractivity contribution >= 4 is 17.9 Å². The Balaban J connectivity index is 2.82. The average molecular weight is 300 g/mol. The van der Waals surface area contributed by atoms with E-state index in [-0.39, 0.29) is 13.2 Å². The Hall–Kier alpha value is -1.59. The van der Waals surface area contributed by atoms with E-state index in [0.29, 0.717) is 32.1 Å². The van der Waals surface area contributed by atoms with E-state index in [1.165, 1.54) is 0 Å². The average Bonchev–Trinajstić information content (AvgIpc) is 2.49. The Bertz CT molecular complexity index is 350. The molecular formula is C15H24O6. The van der Waals surface area contributed by atoms with Crippen molar-refractivity contribution in [2.75, 3.05) is 13.2 Å². The van der Waals surface area contributed by atoms with Crippen molar-refractivity contribution < 1.29 is 29.0 Å². The fourth-order valence-corrected chi connectivity index (χ4v) is 2.69. The minimum atomic E-state index is -1.13. The summed E-state index contributed by atoms with van der Waals surface area (Å²) < 4.78 is 10.1. The molecule has 0 aromatic carbocycles. The number of hydrogen-bond donors (Lipinski definition) is 1. The number of hydrogen-bond acceptors (Lipinski definition) is 5. The fourth-order valence-electron chi connectivity index (χ4n) is 2.69. The van der Waals surface area contributed by atoms with Gasteiger partial charge in [0.05, 0.1) is 31.0 Å². The molecule has 1 aliphatic carbocycles. The summed E-state index contributed by atoms with van der Waals surface area (Å²) in [6.45, 7) is 4.28. The summed E-state index contributed by atoms with van der Waals surface area (Å²) in [5.74, 6) is -4.74. The van der Waals surface area contributed by atoms with Crippen LogP contribution in [0.25, 0.3) is 0 Å². The normalized spacial score (nSPS) is 25.1. The number of carboxylic acids is 1. The summed E-state index contributed by atoms with van der Waals surface area (Å²) in [5.41, 5.74) is 0. The molecule has 0 aliphatic heterocycles. The number of esters is 2. The van der Waals surface area contributed by atoms with Crippen molar-refractivity contribution in [3.63, 3.8) is 0 Å². The number of ether oxygens (including phenoxy) is 2. The standard InChI is InChI=1S/C15H24O6/c1-3-8-20-14(18)10-6-5-7-11(12(10)13(16)17)15(19)21-9-4-2/h10-12H,3-9H2,1-2H3,(H,16,17). The van der Waals surface area contributed by atoms with Crippen molar-refractivity contribution in [2.45, 2.75) is 46.0 Å². The molecule has 120 valence electrons. The van der Waals surface area contributed by atoms with Gasteiger partial charge in [0.2, 0.25) is 0 Å². The van der Waals surface area contributed by atoms with Crippen LogP contribution in [0.15, 0.2) is 0 Å². The van der Waals surface area contributed by atoms with Gasteiger partial charge in [0.1, 0.15) is 0 Å². The largest absolute Gasteiger partial charge is 0.481 e. The van der Waals surface area contributed by atoms with Gasteiger partial charge in [0, 0.05) is 0 Å². The maximum Gasteiger partial charge on any atom is 0.309 e. The molecule has 0 amide bonds. The van der Waals surface area contributed by atoms with Crippen molar-refractivity contribution in [2.24, 2.45) is 17.8 Å². The second-order valence-electron chi connectivity index (χ2n) is 5.34. The smallest absolute Gasteiger partial charge is 0.309 e. The molecule has 0 radical (unpaired) electrons. The Labute approximate surface area is 124 Å². The predicted octanol–water partition coefficient (Wildman–Crippen LogP) is 2.01. The highest BCUT2D eigenvalue weighted by atomic mass is 16.5. The van der Waals surface area contributed by atoms with Crippen LogP contribution in [0.1, 0.15) is 46.0 Å². The molecule has 1 fully saturated rings. The van der Waals surface area contributed by atoms with Gasteiger partial charge in [-0.05, 0) is 25.7 Å². The summed E-state index contributed by atoms with van der Waals surface area (Å²) in [7, 11) is 0. The Morgan fingerprint density at radius 2 is 1.38 bits per heavy atom. The van der Waals surface area contributed by atoms with E-state index in [9.17, 15) is 19.5 Å². The molecule has 1 N–H and O–H groups in total. The third-order valence-electron chi connectivity index (χ3n) is 3.68. The molecule has 6 nitrogen and oxygen atoms in total. The highest BCUT2D eigenvalue weighted by molar-refractivity contribution is 5.86. The summed E-state index contributed by atoms with van der Waals surface area (Å²) in [4.78, 5) is 35.5. The molecule has 2 atom stereocenters. The van der Waals surface area contributed by atoms with E-state index in [2.05, 4.69) is 0 Å². The van der Waals surface area contributed by atoms with Crippen LogP contribution in [0.3, 0.4) is 0 Å². The van der Waals surface area contributed by atoms with Crippen LogP contribution >= 0.6 is 0 Å². The Kier molecular flexibility index (Phi) is 7.19. The highest BCUT2D eigenvalue weighted by Gasteiger charge is 2.46. The number of carbonyl (C=O) groups is 3. The lowest BCUT2D eigenvalue weighted by molar-refractivity contribution is -0.169. The zero-order valence-electron chi connectivity index (χ0n) is 12.7. The van der Waals surface area contributed by atoms with E-state index in [1.807, 2.05) is 13.8 Å². The van der Waals surface area contributed by atoms with Crippen LogP contribution in [0.2, 0.25) is 0 Å². The van der Waals surface area contributed by atoms with Crippen molar-refractivity contribution in [3.8, 4) is 0 Å². The van der Waals surface area contributed by atoms with Crippen LogP contribution in [-0.2, 0) is 23.9 Å². The lowest BCUT2D eigenvalue weighted by Crippen LogP contribution is -2.43. The number of carboxylic acid groups (broad SMARTS) is 1. The fraction of sp³-hybridized carbons (Fsp3) is 0.800. The molecule has 1 rings (SSSR count). The van der Waals surface area contributed by atoms with Crippen LogP contribution in [0.4, 0.5) is 0 Å². The first-order valence-electron chi connectivity index (χ1n) is 7.58. The van der Waals surface area contributed by atoms with Crippen LogP contribution in [-0.4, -0.2) is 36.2 Å². The van der Waals surface area contributed by atoms with Gasteiger partial charge in [-0.25, -0.2) is 0 Å². The van der Waals surface area contributed by atoms with Gasteiger partial charge in [-0.3, -0.25) is 14.4 Å². The molecule has 1 saturated carbocycles. The first-order chi connectivity index (χ1) is 10.0. The van der Waals surface area contributed by atoms with Gasteiger partial charge < -0.3 is 14.6 Å². The van der Waals surface area contributed by atoms with Gasteiger partial charge >= 0.3 is 17.9 Å². The predicted molar refractivity (Wildman–Crippen MR) is 74.5 cm³/mol. The topological polar surface area (TPSA) is 89.9 Å². The number of rotatable bonds is 7. The monoisotopic (exact) mass is 300 g/mol. The lowest BCUT2D eigenvalue weighted by Gasteiger charge is -2.32. The van der Waals surface area contributed by atoms with Crippen molar-refractivity contribution in [3.05, 3.63) is 0 Å². The first-order valence-corrected chi connectivity index (χ1v) is 7.58. The minimum Gasteiger partial charge on any atom is -0.481 e. The van der Waals surface area contributed by atoms with Gasteiger partial charge in [-0.2, -0.15) is 0 Å². The van der Waals surface area contributed by atoms with Crippen LogP contribution in [0, 0.1) is 17.8 Å². The molecule has 0 aromatic rings. The summed E-state index contributed by atoms with van der Waals surface area (Å²) in [6.07, 6.45) is 2.87. The number of carbonyl (C=O) groups excluding carboxylic acids is 2. The molecule has 0 heterocycles. The van der Waals surface area contributed by atoms with E-state index < -0.39 is 35.7 Å². The van der Waals surface area contributed by atoms with Crippen molar-refractivity contribution in [1.82, 2.24) is 0 Å². The minimum absolute atomic E-state index is 0.270. The molecule has 2 unspecified atom stereocenters. The zero-order valence-corrected chi connectivity index (χ0v) is 12.7. The molecule has 0 spiro atoms. The Morgan fingerprint density at radius 3 is 1.71 bits per heavy atom. The quantitative estimate of drug-likeness (QED) is 0.723. The number of aliphatic carboxylic acids is 1. The lowest BCUT2D eigenvalue weighted by atomic mass is 9.72. The zero-order chi connectivity index (χ0) is 15.8. The highest BCUT2D eigenvalue weighted by Crippen LogP contribution is 2.37. The second kappa shape index (κ2) is 8.64. The summed E-state index contributed by atoms with van der Waals surface area (Å²) >= 11 is 0. The molecule has 0 saturated heterocycles. The summed E-state index contributed by atoms with van der Waals surface area (Å²) in [5, 5.41) is 9.41. The summed E-state index contributed by atoms with van der Waals surface area (Å²) in [6, 6.07) is 0. The van der Waals surface area contributed by atoms with Crippen molar-refractivity contribution in [1.29, 1.82) is 0 Å². The van der Waals surface area contributed by atoms with Gasteiger partial charge in [0.15, 0.2) is 0 Å². The third-order valence-corrected chi connectivity index (χ3v) is 3.68. The molecule has 21 heavy (non-hydrogen) atoms. The van der Waals surface area contributed by atoms with E-state index >= 15 is 0 Å². The first kappa shape index (κ1) is 17.5. The molecule has 0 bridgehead atoms. The molecule has 0 aromatic heterocycles. The van der Waals surface area contributed by atoms with Gasteiger partial charge in [-0.1, -0.05) is 20.3 Å². The van der Waals surface area contributed by atoms with Gasteiger partial charge in [-0.15, -0.1) is 0 Å². The Morgan fingerprint density at radius 1 is 0.952 bits per heavy atom. The maximum atomic E-state index is 12.0. The second-order valence-corrected chi connectivity index (χ2v) is 5.34. The molecule has 6 heteroatoms. The third kappa shape index (κ3) is 4.72. The van der Waals surface area contributed by atoms with E-state index in [4.69, 9.17) is 9.47 Å². The van der Waals surface area contributed by atoms with E-state index in [0.717, 1.165) is 0 Å². The maximum absolute atomic E-state index is 12.0. The SMILES string of the molecule is CCCOC(=O)C1CCCC(C(=O)OCCC)C1C(=O)O. The molecule has 1 aliphatic rings. The van der Waals surface area contributed by atoms with Crippen LogP contribution in [0.5, 0.6) is 0 Å².